The Bertz CT molecular complexity index is 893. The number of alkyl halides is 3. The smallest absolute Gasteiger partial charge is 0.244 e. The highest BCUT2D eigenvalue weighted by Crippen LogP contribution is 2.38. The normalized spacial score (nSPS) is 12.3. The van der Waals surface area contributed by atoms with E-state index in [4.69, 9.17) is 0 Å². The summed E-state index contributed by atoms with van der Waals surface area (Å²) in [5.41, 5.74) is 0.228. The van der Waals surface area contributed by atoms with Gasteiger partial charge in [0.2, 0.25) is 0 Å². The first-order valence-corrected chi connectivity index (χ1v) is 7.41. The van der Waals surface area contributed by atoms with E-state index in [-0.39, 0.29) is 28.5 Å². The van der Waals surface area contributed by atoms with Crippen molar-refractivity contribution in [3.63, 3.8) is 0 Å². The van der Waals surface area contributed by atoms with Gasteiger partial charge in [0.25, 0.3) is 0 Å². The molecular formula is C17H15F4N3. The van der Waals surface area contributed by atoms with Gasteiger partial charge in [-0.15, -0.1) is 0 Å². The van der Waals surface area contributed by atoms with Crippen LogP contribution in [0.5, 0.6) is 0 Å². The zero-order valence-electron chi connectivity index (χ0n) is 13.3. The standard InChI is InChI=1S/C17H15F4N3/c1-9(2)24-16-15(10(3)23-24)13(17(19,20)21)8-14(22-16)11-4-6-12(18)7-5-11/h4-9H,1-3H3. The predicted molar refractivity (Wildman–Crippen MR) is 83.0 cm³/mol. The molecule has 7 heteroatoms. The number of nitrogens with zero attached hydrogens (tertiary/aromatic N) is 3. The number of pyridine rings is 1. The summed E-state index contributed by atoms with van der Waals surface area (Å²) in [5, 5.41) is 4.21. The van der Waals surface area contributed by atoms with Crippen molar-refractivity contribution in [2.75, 3.05) is 0 Å². The zero-order valence-corrected chi connectivity index (χ0v) is 13.3. The van der Waals surface area contributed by atoms with E-state index in [0.29, 0.717) is 5.56 Å². The lowest BCUT2D eigenvalue weighted by molar-refractivity contribution is -0.136. The SMILES string of the molecule is Cc1nn(C(C)C)c2nc(-c3ccc(F)cc3)cc(C(F)(F)F)c12. The summed E-state index contributed by atoms with van der Waals surface area (Å²) in [5.74, 6) is -0.459. The second-order valence-corrected chi connectivity index (χ2v) is 5.88. The van der Waals surface area contributed by atoms with Crippen molar-refractivity contribution < 1.29 is 17.6 Å². The molecule has 0 saturated heterocycles. The third-order valence-corrected chi connectivity index (χ3v) is 3.77. The molecule has 3 nitrogen and oxygen atoms in total. The van der Waals surface area contributed by atoms with Crippen LogP contribution in [0.3, 0.4) is 0 Å². The first kappa shape index (κ1) is 16.4. The van der Waals surface area contributed by atoms with Gasteiger partial charge in [-0.05, 0) is 51.1 Å². The van der Waals surface area contributed by atoms with E-state index in [0.717, 1.165) is 6.07 Å². The lowest BCUT2D eigenvalue weighted by atomic mass is 10.1. The van der Waals surface area contributed by atoms with Gasteiger partial charge in [0.15, 0.2) is 5.65 Å². The van der Waals surface area contributed by atoms with Crippen molar-refractivity contribution in [2.24, 2.45) is 0 Å². The van der Waals surface area contributed by atoms with Crippen molar-refractivity contribution >= 4 is 11.0 Å². The molecule has 0 spiro atoms. The van der Waals surface area contributed by atoms with Gasteiger partial charge in [0.1, 0.15) is 5.82 Å². The molecule has 0 saturated carbocycles. The summed E-state index contributed by atoms with van der Waals surface area (Å²) in [7, 11) is 0. The summed E-state index contributed by atoms with van der Waals surface area (Å²) in [6, 6.07) is 6.06. The van der Waals surface area contributed by atoms with Gasteiger partial charge >= 0.3 is 6.18 Å². The van der Waals surface area contributed by atoms with Crippen LogP contribution >= 0.6 is 0 Å². The van der Waals surface area contributed by atoms with Gasteiger partial charge in [-0.1, -0.05) is 0 Å². The Morgan fingerprint density at radius 1 is 1.08 bits per heavy atom. The number of halogens is 4. The molecule has 0 fully saturated rings. The molecule has 0 aliphatic carbocycles. The zero-order chi connectivity index (χ0) is 17.6. The van der Waals surface area contributed by atoms with Crippen LogP contribution in [0.25, 0.3) is 22.3 Å². The Morgan fingerprint density at radius 2 is 1.71 bits per heavy atom. The Morgan fingerprint density at radius 3 is 2.25 bits per heavy atom. The predicted octanol–water partition coefficient (Wildman–Crippen LogP) is 5.15. The molecule has 3 aromatic rings. The summed E-state index contributed by atoms with van der Waals surface area (Å²) in [4.78, 5) is 4.37. The van der Waals surface area contributed by atoms with E-state index in [1.807, 2.05) is 13.8 Å². The molecule has 0 aliphatic rings. The maximum absolute atomic E-state index is 13.5. The number of aromatic nitrogens is 3. The largest absolute Gasteiger partial charge is 0.417 e. The van der Waals surface area contributed by atoms with Gasteiger partial charge < -0.3 is 0 Å². The summed E-state index contributed by atoms with van der Waals surface area (Å²) in [6.07, 6.45) is -4.54. The van der Waals surface area contributed by atoms with Gasteiger partial charge in [-0.3, -0.25) is 0 Å². The maximum Gasteiger partial charge on any atom is 0.417 e. The first-order chi connectivity index (χ1) is 11.2. The van der Waals surface area contributed by atoms with Gasteiger partial charge in [-0.25, -0.2) is 14.1 Å². The average molecular weight is 337 g/mol. The molecule has 0 aliphatic heterocycles. The van der Waals surface area contributed by atoms with E-state index in [1.54, 1.807) is 0 Å². The minimum absolute atomic E-state index is 0.00191. The quantitative estimate of drug-likeness (QED) is 0.606. The van der Waals surface area contributed by atoms with E-state index >= 15 is 0 Å². The number of fused-ring (bicyclic) bond motifs is 1. The third-order valence-electron chi connectivity index (χ3n) is 3.77. The molecule has 0 atom stereocenters. The van der Waals surface area contributed by atoms with Crippen molar-refractivity contribution in [1.29, 1.82) is 0 Å². The van der Waals surface area contributed by atoms with Crippen LogP contribution in [0, 0.1) is 12.7 Å². The van der Waals surface area contributed by atoms with Gasteiger partial charge in [0, 0.05) is 11.6 Å². The fourth-order valence-corrected chi connectivity index (χ4v) is 2.67. The summed E-state index contributed by atoms with van der Waals surface area (Å²) >= 11 is 0. The van der Waals surface area contributed by atoms with Crippen molar-refractivity contribution in [3.05, 3.63) is 47.4 Å². The second-order valence-electron chi connectivity index (χ2n) is 5.88. The van der Waals surface area contributed by atoms with Crippen LogP contribution < -0.4 is 0 Å². The lowest BCUT2D eigenvalue weighted by Crippen LogP contribution is -2.09. The van der Waals surface area contributed by atoms with Crippen LogP contribution in [-0.2, 0) is 6.18 Å². The van der Waals surface area contributed by atoms with E-state index in [9.17, 15) is 17.6 Å². The molecule has 2 heterocycles. The Balaban J connectivity index is 2.36. The van der Waals surface area contributed by atoms with Crippen LogP contribution in [0.2, 0.25) is 0 Å². The molecule has 0 radical (unpaired) electrons. The van der Waals surface area contributed by atoms with E-state index in [2.05, 4.69) is 10.1 Å². The Labute approximate surface area is 135 Å². The number of hydrogen-bond acceptors (Lipinski definition) is 2. The Kier molecular flexibility index (Phi) is 3.81. The Hall–Kier alpha value is -2.44. The highest BCUT2D eigenvalue weighted by molar-refractivity contribution is 5.85. The van der Waals surface area contributed by atoms with E-state index in [1.165, 1.54) is 35.9 Å². The second kappa shape index (κ2) is 5.58. The number of benzene rings is 1. The van der Waals surface area contributed by atoms with Crippen LogP contribution in [0.15, 0.2) is 30.3 Å². The minimum Gasteiger partial charge on any atom is -0.244 e. The van der Waals surface area contributed by atoms with Crippen molar-refractivity contribution in [3.8, 4) is 11.3 Å². The average Bonchev–Trinajstić information content (AvgIpc) is 2.83. The number of rotatable bonds is 2. The molecule has 2 aromatic heterocycles. The molecule has 3 rings (SSSR count). The first-order valence-electron chi connectivity index (χ1n) is 7.41. The summed E-state index contributed by atoms with van der Waals surface area (Å²) < 4.78 is 55.2. The third kappa shape index (κ3) is 2.74. The monoisotopic (exact) mass is 337 g/mol. The van der Waals surface area contributed by atoms with Crippen LogP contribution in [-0.4, -0.2) is 14.8 Å². The van der Waals surface area contributed by atoms with Crippen LogP contribution in [0.4, 0.5) is 17.6 Å². The molecule has 126 valence electrons. The molecule has 24 heavy (non-hydrogen) atoms. The molecular weight excluding hydrogens is 322 g/mol. The summed E-state index contributed by atoms with van der Waals surface area (Å²) in [6.45, 7) is 5.19. The van der Waals surface area contributed by atoms with Crippen molar-refractivity contribution in [2.45, 2.75) is 33.0 Å². The molecule has 1 aromatic carbocycles. The number of hydrogen-bond donors (Lipinski definition) is 0. The lowest BCUT2D eigenvalue weighted by Gasteiger charge is -2.12. The number of aryl methyl sites for hydroxylation is 1. The molecule has 0 unspecified atom stereocenters. The highest BCUT2D eigenvalue weighted by Gasteiger charge is 2.35. The fourth-order valence-electron chi connectivity index (χ4n) is 2.67. The van der Waals surface area contributed by atoms with Gasteiger partial charge in [-0.2, -0.15) is 18.3 Å². The molecule has 0 N–H and O–H groups in total. The topological polar surface area (TPSA) is 30.7 Å². The molecule has 0 amide bonds. The highest BCUT2D eigenvalue weighted by atomic mass is 19.4. The van der Waals surface area contributed by atoms with Crippen molar-refractivity contribution in [1.82, 2.24) is 14.8 Å². The fraction of sp³-hybridized carbons (Fsp3) is 0.294. The molecule has 0 bridgehead atoms. The minimum atomic E-state index is -4.54. The van der Waals surface area contributed by atoms with E-state index < -0.39 is 17.6 Å². The maximum atomic E-state index is 13.5. The van der Waals surface area contributed by atoms with Crippen LogP contribution in [0.1, 0.15) is 31.1 Å². The van der Waals surface area contributed by atoms with Gasteiger partial charge in [0.05, 0.1) is 22.3 Å².